The van der Waals surface area contributed by atoms with Crippen LogP contribution in [0.4, 0.5) is 14.9 Å². The summed E-state index contributed by atoms with van der Waals surface area (Å²) in [6.07, 6.45) is 4.26. The van der Waals surface area contributed by atoms with Gasteiger partial charge >= 0.3 is 6.09 Å². The van der Waals surface area contributed by atoms with E-state index < -0.39 is 29.4 Å². The van der Waals surface area contributed by atoms with Gasteiger partial charge in [-0.25, -0.2) is 19.2 Å². The number of ether oxygens (including phenoxy) is 1. The number of carbonyl (C=O) groups excluding carboxylic acids is 3. The lowest BCUT2D eigenvalue weighted by Crippen LogP contribution is -2.44. The van der Waals surface area contributed by atoms with E-state index in [-0.39, 0.29) is 30.5 Å². The summed E-state index contributed by atoms with van der Waals surface area (Å²) in [4.78, 5) is 63.2. The van der Waals surface area contributed by atoms with Gasteiger partial charge in [0.2, 0.25) is 11.8 Å². The number of aromatic amines is 1. The Bertz CT molecular complexity index is 1510. The van der Waals surface area contributed by atoms with Crippen molar-refractivity contribution in [1.29, 1.82) is 0 Å². The third-order valence-electron chi connectivity index (χ3n) is 6.30. The first-order valence-corrected chi connectivity index (χ1v) is 13.2. The second-order valence-electron chi connectivity index (χ2n) is 10.2. The number of nitrogens with zero attached hydrogens (tertiary/aromatic N) is 4. The number of imidazole rings is 1. The smallest absolute Gasteiger partial charge is 0.407 e. The van der Waals surface area contributed by atoms with E-state index in [1.165, 1.54) is 28.7 Å². The first-order chi connectivity index (χ1) is 19.4. The molecule has 12 nitrogen and oxygen atoms in total. The van der Waals surface area contributed by atoms with Crippen molar-refractivity contribution in [3.63, 3.8) is 0 Å². The highest BCUT2D eigenvalue weighted by Crippen LogP contribution is 2.21. The molecule has 0 aliphatic carbocycles. The van der Waals surface area contributed by atoms with Crippen molar-refractivity contribution >= 4 is 34.8 Å². The van der Waals surface area contributed by atoms with Crippen molar-refractivity contribution in [3.8, 4) is 0 Å². The molecule has 0 aliphatic rings. The minimum Gasteiger partial charge on any atom is -0.453 e. The predicted octanol–water partition coefficient (Wildman–Crippen LogP) is 2.90. The fourth-order valence-corrected chi connectivity index (χ4v) is 4.10. The summed E-state index contributed by atoms with van der Waals surface area (Å²) in [6, 6.07) is 2.11. The van der Waals surface area contributed by atoms with E-state index in [0.717, 1.165) is 6.20 Å². The Morgan fingerprint density at radius 1 is 1.24 bits per heavy atom. The first-order valence-electron chi connectivity index (χ1n) is 13.2. The number of carbonyl (C=O) groups is 3. The fraction of sp³-hybridized carbons (Fsp3) is 0.429. The molecule has 1 unspecified atom stereocenters. The van der Waals surface area contributed by atoms with Gasteiger partial charge in [0.05, 0.1) is 19.9 Å². The lowest BCUT2D eigenvalue weighted by atomic mass is 10.0. The summed E-state index contributed by atoms with van der Waals surface area (Å²) in [5.41, 5.74) is 1.41. The molecule has 3 amide bonds. The highest BCUT2D eigenvalue weighted by Gasteiger charge is 2.22. The summed E-state index contributed by atoms with van der Waals surface area (Å²) in [7, 11) is 4.41. The van der Waals surface area contributed by atoms with Crippen LogP contribution in [0.1, 0.15) is 43.8 Å². The van der Waals surface area contributed by atoms with Crippen molar-refractivity contribution in [2.45, 2.75) is 52.6 Å². The van der Waals surface area contributed by atoms with Crippen LogP contribution >= 0.6 is 0 Å². The van der Waals surface area contributed by atoms with Crippen molar-refractivity contribution in [2.24, 2.45) is 5.92 Å². The van der Waals surface area contributed by atoms with Gasteiger partial charge in [0, 0.05) is 25.4 Å². The second-order valence-corrected chi connectivity index (χ2v) is 10.2. The van der Waals surface area contributed by atoms with E-state index in [1.54, 1.807) is 33.2 Å². The number of allylic oxidation sites excluding steroid dienone is 1. The SMILES string of the molecule is COC(=O)NC(CC/C=C/C(=O)N(C)C)C(=O)Nc1ccc(C)n(Cc2nc3c(CC(C)C)c(F)cnc3[nH]2)c1=O. The number of hydrogen-bond donors (Lipinski definition) is 3. The number of aryl methyl sites for hydroxylation is 1. The molecule has 0 bridgehead atoms. The summed E-state index contributed by atoms with van der Waals surface area (Å²) in [6.45, 7) is 5.73. The molecule has 3 aromatic heterocycles. The summed E-state index contributed by atoms with van der Waals surface area (Å²) in [5.74, 6) is -0.668. The Morgan fingerprint density at radius 3 is 2.63 bits per heavy atom. The summed E-state index contributed by atoms with van der Waals surface area (Å²) >= 11 is 0. The van der Waals surface area contributed by atoms with Gasteiger partial charge in [-0.15, -0.1) is 0 Å². The molecule has 220 valence electrons. The molecule has 0 fully saturated rings. The predicted molar refractivity (Wildman–Crippen MR) is 152 cm³/mol. The van der Waals surface area contributed by atoms with E-state index in [2.05, 4.69) is 30.3 Å². The van der Waals surface area contributed by atoms with Crippen LogP contribution in [0.2, 0.25) is 0 Å². The maximum atomic E-state index is 14.5. The number of fused-ring (bicyclic) bond motifs is 1. The number of pyridine rings is 2. The monoisotopic (exact) mass is 569 g/mol. The molecule has 0 saturated heterocycles. The number of H-pyrrole nitrogens is 1. The molecule has 0 saturated carbocycles. The molecular formula is C28H36FN7O5. The van der Waals surface area contributed by atoms with Crippen molar-refractivity contribution < 1.29 is 23.5 Å². The van der Waals surface area contributed by atoms with Gasteiger partial charge < -0.3 is 29.8 Å². The maximum absolute atomic E-state index is 14.5. The van der Waals surface area contributed by atoms with Crippen LogP contribution in [0.5, 0.6) is 0 Å². The number of aromatic nitrogens is 4. The topological polar surface area (TPSA) is 151 Å². The second kappa shape index (κ2) is 13.7. The Balaban J connectivity index is 1.83. The molecule has 3 N–H and O–H groups in total. The summed E-state index contributed by atoms with van der Waals surface area (Å²) in [5, 5.41) is 5.05. The lowest BCUT2D eigenvalue weighted by Gasteiger charge is -2.18. The zero-order valence-electron chi connectivity index (χ0n) is 24.1. The van der Waals surface area contributed by atoms with Gasteiger partial charge in [-0.1, -0.05) is 19.9 Å². The normalized spacial score (nSPS) is 12.1. The zero-order valence-corrected chi connectivity index (χ0v) is 24.1. The lowest BCUT2D eigenvalue weighted by molar-refractivity contribution is -0.123. The molecular weight excluding hydrogens is 533 g/mol. The number of amides is 3. The summed E-state index contributed by atoms with van der Waals surface area (Å²) < 4.78 is 20.5. The van der Waals surface area contributed by atoms with Crippen LogP contribution in [-0.2, 0) is 27.3 Å². The number of alkyl carbamates (subject to hydrolysis) is 1. The zero-order chi connectivity index (χ0) is 30.3. The average molecular weight is 570 g/mol. The maximum Gasteiger partial charge on any atom is 0.407 e. The van der Waals surface area contributed by atoms with E-state index in [4.69, 9.17) is 0 Å². The van der Waals surface area contributed by atoms with E-state index in [0.29, 0.717) is 41.1 Å². The number of rotatable bonds is 11. The third-order valence-corrected chi connectivity index (χ3v) is 6.30. The third kappa shape index (κ3) is 7.99. The largest absolute Gasteiger partial charge is 0.453 e. The molecule has 1 atom stereocenters. The van der Waals surface area contributed by atoms with Crippen LogP contribution < -0.4 is 16.2 Å². The number of hydrogen-bond acceptors (Lipinski definition) is 7. The van der Waals surface area contributed by atoms with Gasteiger partial charge in [0.1, 0.15) is 28.9 Å². The Labute approximate surface area is 237 Å². The Hall–Kier alpha value is -4.55. The number of likely N-dealkylation sites (N-methyl/N-ethyl adjacent to an activating group) is 1. The number of halogens is 1. The number of methoxy groups -OCH3 is 1. The van der Waals surface area contributed by atoms with Crippen LogP contribution in [0.15, 0.2) is 35.3 Å². The van der Waals surface area contributed by atoms with Gasteiger partial charge in [-0.05, 0) is 50.3 Å². The van der Waals surface area contributed by atoms with Gasteiger partial charge in [-0.2, -0.15) is 0 Å². The standard InChI is InChI=1S/C28H36FN7O5/c1-16(2)13-18-19(29)14-30-25-24(18)33-22(34-25)15-36-17(3)11-12-21(27(36)39)31-26(38)20(32-28(40)41-6)9-7-8-10-23(37)35(4)5/h8,10-12,14,16,20H,7,9,13,15H2,1-6H3,(H,31,38)(H,32,40)(H,30,33,34)/b10-8+. The molecule has 41 heavy (non-hydrogen) atoms. The molecule has 3 rings (SSSR count). The van der Waals surface area contributed by atoms with Gasteiger partial charge in [-0.3, -0.25) is 14.4 Å². The van der Waals surface area contributed by atoms with Crippen LogP contribution in [-0.4, -0.2) is 69.6 Å². The highest BCUT2D eigenvalue weighted by atomic mass is 19.1. The number of nitrogens with one attached hydrogen (secondary N) is 3. The van der Waals surface area contributed by atoms with E-state index in [9.17, 15) is 23.6 Å². The van der Waals surface area contributed by atoms with Crippen molar-refractivity contribution in [2.75, 3.05) is 26.5 Å². The minimum atomic E-state index is -1.04. The minimum absolute atomic E-state index is 0.00336. The highest BCUT2D eigenvalue weighted by molar-refractivity contribution is 5.96. The average Bonchev–Trinajstić information content (AvgIpc) is 3.34. The van der Waals surface area contributed by atoms with Crippen molar-refractivity contribution in [1.82, 2.24) is 29.7 Å². The molecule has 0 spiro atoms. The van der Waals surface area contributed by atoms with Crippen LogP contribution in [0.25, 0.3) is 11.2 Å². The molecule has 0 aliphatic heterocycles. The first kappa shape index (κ1) is 31.0. The van der Waals surface area contributed by atoms with Gasteiger partial charge in [0.15, 0.2) is 5.65 Å². The Morgan fingerprint density at radius 2 is 1.98 bits per heavy atom. The molecule has 3 heterocycles. The number of anilines is 1. The molecule has 0 aromatic carbocycles. The van der Waals surface area contributed by atoms with Crippen LogP contribution in [0, 0.1) is 18.7 Å². The molecule has 3 aromatic rings. The van der Waals surface area contributed by atoms with Crippen molar-refractivity contribution in [3.05, 3.63) is 63.7 Å². The fourth-order valence-electron chi connectivity index (χ4n) is 4.10. The molecule has 0 radical (unpaired) electrons. The Kier molecular flexibility index (Phi) is 10.3. The quantitative estimate of drug-likeness (QED) is 0.300. The molecule has 13 heteroatoms. The van der Waals surface area contributed by atoms with Crippen LogP contribution in [0.3, 0.4) is 0 Å². The van der Waals surface area contributed by atoms with Gasteiger partial charge in [0.25, 0.3) is 5.56 Å². The van der Waals surface area contributed by atoms with E-state index in [1.807, 2.05) is 13.8 Å². The van der Waals surface area contributed by atoms with E-state index >= 15 is 0 Å².